The smallest absolute Gasteiger partial charge is 0.257 e. The minimum atomic E-state index is -0.294. The number of pyridine rings is 1. The molecule has 2 aromatic heterocycles. The molecule has 0 bridgehead atoms. The number of carbonyl (C=O) groups excluding carboxylic acids is 1. The highest BCUT2D eigenvalue weighted by Gasteiger charge is 2.11. The minimum absolute atomic E-state index is 0.251. The van der Waals surface area contributed by atoms with Crippen molar-refractivity contribution in [1.82, 2.24) is 9.38 Å². The molecule has 6 heteroatoms. The molecule has 0 spiro atoms. The van der Waals surface area contributed by atoms with Crippen LogP contribution < -0.4 is 10.1 Å². The Labute approximate surface area is 155 Å². The zero-order valence-corrected chi connectivity index (χ0v) is 14.5. The number of carbonyl (C=O) groups is 1. The number of nitrogens with one attached hydrogen (secondary N) is 1. The molecule has 1 N–H and O–H groups in total. The van der Waals surface area contributed by atoms with Crippen LogP contribution in [0.25, 0.3) is 16.9 Å². The van der Waals surface area contributed by atoms with Crippen molar-refractivity contribution in [1.29, 1.82) is 0 Å². The lowest BCUT2D eigenvalue weighted by Gasteiger charge is -2.09. The molecule has 0 aliphatic heterocycles. The standard InChI is InChI=1S/C21H16FN3O2/c1-27-19-5-3-2-4-17(19)24-21(26)15-8-11-20-23-18(13-25(20)12-15)14-6-9-16(22)10-7-14/h2-13H,1H3,(H,24,26). The van der Waals surface area contributed by atoms with Crippen molar-refractivity contribution in [2.75, 3.05) is 12.4 Å². The molecular weight excluding hydrogens is 345 g/mol. The van der Waals surface area contributed by atoms with Crippen LogP contribution in [0.1, 0.15) is 10.4 Å². The quantitative estimate of drug-likeness (QED) is 0.586. The van der Waals surface area contributed by atoms with Crippen molar-refractivity contribution in [3.05, 3.63) is 84.4 Å². The first-order valence-corrected chi connectivity index (χ1v) is 8.33. The predicted octanol–water partition coefficient (Wildman–Crippen LogP) is 4.40. The van der Waals surface area contributed by atoms with Crippen LogP contribution in [-0.4, -0.2) is 22.4 Å². The van der Waals surface area contributed by atoms with Gasteiger partial charge >= 0.3 is 0 Å². The molecule has 5 nitrogen and oxygen atoms in total. The maximum atomic E-state index is 13.1. The minimum Gasteiger partial charge on any atom is -0.495 e. The summed E-state index contributed by atoms with van der Waals surface area (Å²) < 4.78 is 20.1. The highest BCUT2D eigenvalue weighted by Crippen LogP contribution is 2.24. The Morgan fingerprint density at radius 1 is 1.04 bits per heavy atom. The molecule has 0 aliphatic carbocycles. The number of ether oxygens (including phenoxy) is 1. The molecule has 2 heterocycles. The zero-order chi connectivity index (χ0) is 18.8. The van der Waals surface area contributed by atoms with E-state index in [0.29, 0.717) is 28.3 Å². The molecule has 2 aromatic carbocycles. The van der Waals surface area contributed by atoms with Crippen molar-refractivity contribution in [2.24, 2.45) is 0 Å². The third-order valence-corrected chi connectivity index (χ3v) is 4.21. The highest BCUT2D eigenvalue weighted by molar-refractivity contribution is 6.05. The molecule has 4 aromatic rings. The molecule has 0 atom stereocenters. The van der Waals surface area contributed by atoms with E-state index in [4.69, 9.17) is 4.74 Å². The second-order valence-electron chi connectivity index (χ2n) is 5.97. The van der Waals surface area contributed by atoms with Gasteiger partial charge in [0.1, 0.15) is 17.2 Å². The average Bonchev–Trinajstić information content (AvgIpc) is 3.12. The lowest BCUT2D eigenvalue weighted by Crippen LogP contribution is -2.13. The molecule has 0 saturated carbocycles. The fourth-order valence-electron chi connectivity index (χ4n) is 2.83. The number of aromatic nitrogens is 2. The molecular formula is C21H16FN3O2. The molecule has 4 rings (SSSR count). The molecule has 0 saturated heterocycles. The number of hydrogen-bond acceptors (Lipinski definition) is 3. The predicted molar refractivity (Wildman–Crippen MR) is 102 cm³/mol. The summed E-state index contributed by atoms with van der Waals surface area (Å²) in [4.78, 5) is 17.1. The largest absolute Gasteiger partial charge is 0.495 e. The van der Waals surface area contributed by atoms with E-state index in [-0.39, 0.29) is 11.7 Å². The van der Waals surface area contributed by atoms with Gasteiger partial charge in [-0.3, -0.25) is 4.79 Å². The molecule has 27 heavy (non-hydrogen) atoms. The van der Waals surface area contributed by atoms with Crippen LogP contribution in [-0.2, 0) is 0 Å². The second-order valence-corrected chi connectivity index (χ2v) is 5.97. The molecule has 0 aliphatic rings. The van der Waals surface area contributed by atoms with Crippen LogP contribution in [0.5, 0.6) is 5.75 Å². The molecule has 0 fully saturated rings. The van der Waals surface area contributed by atoms with Crippen LogP contribution >= 0.6 is 0 Å². The number of para-hydroxylation sites is 2. The first-order chi connectivity index (χ1) is 13.1. The summed E-state index contributed by atoms with van der Waals surface area (Å²) in [6.45, 7) is 0. The number of nitrogens with zero attached hydrogens (tertiary/aromatic N) is 2. The third kappa shape index (κ3) is 3.37. The first-order valence-electron chi connectivity index (χ1n) is 8.33. The molecule has 0 unspecified atom stereocenters. The van der Waals surface area contributed by atoms with Crippen LogP contribution in [0.15, 0.2) is 73.1 Å². The molecule has 0 radical (unpaired) electrons. The van der Waals surface area contributed by atoms with Gasteiger partial charge in [0.15, 0.2) is 0 Å². The summed E-state index contributed by atoms with van der Waals surface area (Å²) in [6.07, 6.45) is 3.52. The van der Waals surface area contributed by atoms with Crippen molar-refractivity contribution in [2.45, 2.75) is 0 Å². The average molecular weight is 361 g/mol. The second kappa shape index (κ2) is 6.92. The number of methoxy groups -OCH3 is 1. The van der Waals surface area contributed by atoms with Crippen LogP contribution in [0, 0.1) is 5.82 Å². The van der Waals surface area contributed by atoms with Crippen LogP contribution in [0.4, 0.5) is 10.1 Å². The van der Waals surface area contributed by atoms with Crippen LogP contribution in [0.3, 0.4) is 0 Å². The highest BCUT2D eigenvalue weighted by atomic mass is 19.1. The van der Waals surface area contributed by atoms with Gasteiger partial charge in [0.05, 0.1) is 24.1 Å². The van der Waals surface area contributed by atoms with Gasteiger partial charge in [0, 0.05) is 18.0 Å². The van der Waals surface area contributed by atoms with Gasteiger partial charge in [-0.05, 0) is 48.5 Å². The van der Waals surface area contributed by atoms with E-state index in [0.717, 1.165) is 5.56 Å². The van der Waals surface area contributed by atoms with E-state index in [9.17, 15) is 9.18 Å². The zero-order valence-electron chi connectivity index (χ0n) is 14.5. The molecule has 134 valence electrons. The van der Waals surface area contributed by atoms with E-state index in [2.05, 4.69) is 10.3 Å². The van der Waals surface area contributed by atoms with Crippen molar-refractivity contribution >= 4 is 17.2 Å². The van der Waals surface area contributed by atoms with Gasteiger partial charge in [-0.15, -0.1) is 0 Å². The maximum absolute atomic E-state index is 13.1. The summed E-state index contributed by atoms with van der Waals surface area (Å²) in [5.41, 5.74) is 3.29. The number of hydrogen-bond donors (Lipinski definition) is 1. The third-order valence-electron chi connectivity index (χ3n) is 4.21. The topological polar surface area (TPSA) is 55.6 Å². The van der Waals surface area contributed by atoms with E-state index in [1.165, 1.54) is 12.1 Å². The van der Waals surface area contributed by atoms with Gasteiger partial charge in [0.2, 0.25) is 0 Å². The maximum Gasteiger partial charge on any atom is 0.257 e. The first kappa shape index (κ1) is 16.8. The number of anilines is 1. The number of rotatable bonds is 4. The van der Waals surface area contributed by atoms with E-state index in [1.54, 1.807) is 54.1 Å². The van der Waals surface area contributed by atoms with Gasteiger partial charge in [-0.1, -0.05) is 12.1 Å². The van der Waals surface area contributed by atoms with Crippen molar-refractivity contribution in [3.8, 4) is 17.0 Å². The van der Waals surface area contributed by atoms with Crippen molar-refractivity contribution in [3.63, 3.8) is 0 Å². The summed E-state index contributed by atoms with van der Waals surface area (Å²) in [6, 6.07) is 16.8. The fourth-order valence-corrected chi connectivity index (χ4v) is 2.83. The number of imidazole rings is 1. The Kier molecular flexibility index (Phi) is 4.30. The fraction of sp³-hybridized carbons (Fsp3) is 0.0476. The van der Waals surface area contributed by atoms with Gasteiger partial charge in [0.25, 0.3) is 5.91 Å². The lowest BCUT2D eigenvalue weighted by molar-refractivity contribution is 0.102. The van der Waals surface area contributed by atoms with Gasteiger partial charge in [-0.25, -0.2) is 9.37 Å². The normalized spacial score (nSPS) is 10.7. The molecule has 1 amide bonds. The van der Waals surface area contributed by atoms with E-state index in [1.807, 2.05) is 18.3 Å². The summed E-state index contributed by atoms with van der Waals surface area (Å²) in [7, 11) is 1.56. The number of benzene rings is 2. The summed E-state index contributed by atoms with van der Waals surface area (Å²) in [5, 5.41) is 2.85. The Balaban J connectivity index is 1.63. The Bertz CT molecular complexity index is 1120. The van der Waals surface area contributed by atoms with Crippen LogP contribution in [0.2, 0.25) is 0 Å². The number of amides is 1. The summed E-state index contributed by atoms with van der Waals surface area (Å²) in [5.74, 6) is 0.0457. The number of fused-ring (bicyclic) bond motifs is 1. The van der Waals surface area contributed by atoms with Gasteiger partial charge < -0.3 is 14.5 Å². The van der Waals surface area contributed by atoms with Gasteiger partial charge in [-0.2, -0.15) is 0 Å². The number of halogens is 1. The Morgan fingerprint density at radius 2 is 1.81 bits per heavy atom. The van der Waals surface area contributed by atoms with E-state index >= 15 is 0 Å². The lowest BCUT2D eigenvalue weighted by atomic mass is 10.2. The summed E-state index contributed by atoms with van der Waals surface area (Å²) >= 11 is 0. The Hall–Kier alpha value is -3.67. The van der Waals surface area contributed by atoms with Crippen molar-refractivity contribution < 1.29 is 13.9 Å². The Morgan fingerprint density at radius 3 is 2.59 bits per heavy atom. The van der Waals surface area contributed by atoms with E-state index < -0.39 is 0 Å². The SMILES string of the molecule is COc1ccccc1NC(=O)c1ccc2nc(-c3ccc(F)cc3)cn2c1. The monoisotopic (exact) mass is 361 g/mol.